The molecule has 0 amide bonds. The number of fused-ring (bicyclic) bond motifs is 1. The van der Waals surface area contributed by atoms with E-state index in [9.17, 15) is 13.2 Å². The number of aryl methyl sites for hydroxylation is 1. The molecule has 3 rings (SSSR count). The molecule has 0 spiro atoms. The molecule has 2 aromatic carbocycles. The first-order valence-electron chi connectivity index (χ1n) is 9.06. The highest BCUT2D eigenvalue weighted by Gasteiger charge is 2.17. The second-order valence-corrected chi connectivity index (χ2v) is 8.16. The number of unbranched alkanes of at least 4 members (excludes halogenated alkanes) is 2. The van der Waals surface area contributed by atoms with Gasteiger partial charge >= 0.3 is 5.63 Å². The van der Waals surface area contributed by atoms with Crippen LogP contribution in [0.2, 0.25) is 0 Å². The summed E-state index contributed by atoms with van der Waals surface area (Å²) in [4.78, 5) is 11.7. The second kappa shape index (κ2) is 8.32. The van der Waals surface area contributed by atoms with Gasteiger partial charge in [0.05, 0.1) is 16.1 Å². The van der Waals surface area contributed by atoms with Gasteiger partial charge in [0.1, 0.15) is 5.58 Å². The van der Waals surface area contributed by atoms with Crippen molar-refractivity contribution in [3.63, 3.8) is 0 Å². The molecule has 0 aliphatic rings. The molecule has 0 aliphatic carbocycles. The Morgan fingerprint density at radius 1 is 1.04 bits per heavy atom. The van der Waals surface area contributed by atoms with E-state index in [1.807, 2.05) is 6.92 Å². The summed E-state index contributed by atoms with van der Waals surface area (Å²) in [6.07, 6.45) is 2.68. The van der Waals surface area contributed by atoms with Crippen molar-refractivity contribution in [2.24, 2.45) is 0 Å². The molecule has 0 saturated carbocycles. The molecule has 0 fully saturated rings. The second-order valence-electron chi connectivity index (χ2n) is 6.48. The number of hydrogen-bond acceptors (Lipinski definition) is 4. The third kappa shape index (κ3) is 4.44. The van der Waals surface area contributed by atoms with Crippen molar-refractivity contribution in [3.8, 4) is 11.8 Å². The molecular formula is C22H21NO4S. The van der Waals surface area contributed by atoms with E-state index in [4.69, 9.17) is 4.42 Å². The summed E-state index contributed by atoms with van der Waals surface area (Å²) < 4.78 is 33.4. The predicted molar refractivity (Wildman–Crippen MR) is 111 cm³/mol. The van der Waals surface area contributed by atoms with Crippen molar-refractivity contribution in [2.45, 2.75) is 38.0 Å². The Balaban J connectivity index is 2.08. The number of benzene rings is 2. The minimum Gasteiger partial charge on any atom is -0.423 e. The minimum absolute atomic E-state index is 0.169. The van der Waals surface area contributed by atoms with Crippen molar-refractivity contribution in [3.05, 3.63) is 70.1 Å². The summed E-state index contributed by atoms with van der Waals surface area (Å²) in [5.74, 6) is 6.13. The summed E-state index contributed by atoms with van der Waals surface area (Å²) in [7, 11) is -3.77. The Morgan fingerprint density at radius 3 is 2.50 bits per heavy atom. The lowest BCUT2D eigenvalue weighted by molar-refractivity contribution is 0.561. The molecule has 0 saturated heterocycles. The van der Waals surface area contributed by atoms with Crippen LogP contribution in [0.1, 0.15) is 37.3 Å². The third-order valence-electron chi connectivity index (χ3n) is 4.25. The SMILES string of the molecule is CCCCC#Cc1c(NS(=O)(=O)c2ccc(C)cc2)ccc2oc(=O)ccc12. The molecule has 144 valence electrons. The Bertz CT molecular complexity index is 1210. The van der Waals surface area contributed by atoms with Crippen LogP contribution < -0.4 is 10.3 Å². The number of hydrogen-bond donors (Lipinski definition) is 1. The van der Waals surface area contributed by atoms with Gasteiger partial charge < -0.3 is 4.42 Å². The molecule has 0 radical (unpaired) electrons. The molecule has 1 heterocycles. The molecule has 28 heavy (non-hydrogen) atoms. The zero-order valence-corrected chi connectivity index (χ0v) is 16.6. The maximum absolute atomic E-state index is 12.8. The highest BCUT2D eigenvalue weighted by atomic mass is 32.2. The van der Waals surface area contributed by atoms with Gasteiger partial charge in [-0.15, -0.1) is 0 Å². The van der Waals surface area contributed by atoms with Gasteiger partial charge in [0, 0.05) is 17.9 Å². The van der Waals surface area contributed by atoms with Gasteiger partial charge in [0.25, 0.3) is 10.0 Å². The number of anilines is 1. The van der Waals surface area contributed by atoms with Crippen molar-refractivity contribution in [1.82, 2.24) is 0 Å². The Kier molecular flexibility index (Phi) is 5.86. The maximum Gasteiger partial charge on any atom is 0.336 e. The van der Waals surface area contributed by atoms with Gasteiger partial charge in [-0.05, 0) is 43.7 Å². The number of sulfonamides is 1. The van der Waals surface area contributed by atoms with Crippen LogP contribution in [-0.2, 0) is 10.0 Å². The van der Waals surface area contributed by atoms with Crippen molar-refractivity contribution >= 4 is 26.7 Å². The molecule has 6 heteroatoms. The van der Waals surface area contributed by atoms with E-state index in [2.05, 4.69) is 23.5 Å². The molecule has 5 nitrogen and oxygen atoms in total. The van der Waals surface area contributed by atoms with Crippen LogP contribution in [0.5, 0.6) is 0 Å². The van der Waals surface area contributed by atoms with Crippen LogP contribution in [0.4, 0.5) is 5.69 Å². The summed E-state index contributed by atoms with van der Waals surface area (Å²) in [5, 5.41) is 0.590. The van der Waals surface area contributed by atoms with E-state index >= 15 is 0 Å². The van der Waals surface area contributed by atoms with Gasteiger partial charge in [-0.1, -0.05) is 42.9 Å². The molecular weight excluding hydrogens is 374 g/mol. The van der Waals surface area contributed by atoms with E-state index in [1.165, 1.54) is 6.07 Å². The number of rotatable bonds is 5. The van der Waals surface area contributed by atoms with Gasteiger partial charge in [-0.3, -0.25) is 4.72 Å². The van der Waals surface area contributed by atoms with Gasteiger partial charge in [-0.2, -0.15) is 0 Å². The van der Waals surface area contributed by atoms with E-state index in [-0.39, 0.29) is 4.90 Å². The van der Waals surface area contributed by atoms with E-state index in [0.29, 0.717) is 28.6 Å². The maximum atomic E-state index is 12.8. The highest BCUT2D eigenvalue weighted by molar-refractivity contribution is 7.92. The fraction of sp³-hybridized carbons (Fsp3) is 0.227. The lowest BCUT2D eigenvalue weighted by Gasteiger charge is -2.12. The van der Waals surface area contributed by atoms with Crippen LogP contribution in [0.15, 0.2) is 62.6 Å². The van der Waals surface area contributed by atoms with Gasteiger partial charge in [0.15, 0.2) is 0 Å². The quantitative estimate of drug-likeness (QED) is 0.393. The predicted octanol–water partition coefficient (Wildman–Crippen LogP) is 4.44. The van der Waals surface area contributed by atoms with Crippen LogP contribution in [0, 0.1) is 18.8 Å². The lowest BCUT2D eigenvalue weighted by atomic mass is 10.1. The molecule has 0 atom stereocenters. The van der Waals surface area contributed by atoms with E-state index in [0.717, 1.165) is 18.4 Å². The summed E-state index contributed by atoms with van der Waals surface area (Å²) in [5.41, 5.74) is 1.72. The Hall–Kier alpha value is -3.04. The van der Waals surface area contributed by atoms with Crippen molar-refractivity contribution in [2.75, 3.05) is 4.72 Å². The van der Waals surface area contributed by atoms with Crippen molar-refractivity contribution in [1.29, 1.82) is 0 Å². The topological polar surface area (TPSA) is 76.4 Å². The monoisotopic (exact) mass is 395 g/mol. The third-order valence-corrected chi connectivity index (χ3v) is 5.63. The molecule has 1 aromatic heterocycles. The Labute approximate surface area is 164 Å². The molecule has 3 aromatic rings. The fourth-order valence-corrected chi connectivity index (χ4v) is 3.78. The van der Waals surface area contributed by atoms with Crippen LogP contribution >= 0.6 is 0 Å². The first-order valence-corrected chi connectivity index (χ1v) is 10.5. The first-order chi connectivity index (χ1) is 13.4. The fourth-order valence-electron chi connectivity index (χ4n) is 2.71. The average molecular weight is 395 g/mol. The van der Waals surface area contributed by atoms with Crippen molar-refractivity contribution < 1.29 is 12.8 Å². The summed E-state index contributed by atoms with van der Waals surface area (Å²) >= 11 is 0. The zero-order valence-electron chi connectivity index (χ0n) is 15.8. The largest absolute Gasteiger partial charge is 0.423 e. The first kappa shape index (κ1) is 19.7. The number of nitrogens with one attached hydrogen (secondary N) is 1. The highest BCUT2D eigenvalue weighted by Crippen LogP contribution is 2.27. The average Bonchev–Trinajstić information content (AvgIpc) is 2.66. The van der Waals surface area contributed by atoms with Crippen LogP contribution in [0.25, 0.3) is 11.0 Å². The molecule has 0 bridgehead atoms. The standard InChI is InChI=1S/C22H21NO4S/c1-3-4-5-6-7-18-19-12-15-22(24)27-21(19)14-13-20(18)23-28(25,26)17-10-8-16(2)9-11-17/h8-15,23H,3-5H2,1-2H3. The normalized spacial score (nSPS) is 11.1. The van der Waals surface area contributed by atoms with Gasteiger partial charge in [-0.25, -0.2) is 13.2 Å². The molecule has 1 N–H and O–H groups in total. The zero-order chi connectivity index (χ0) is 20.1. The minimum atomic E-state index is -3.77. The summed E-state index contributed by atoms with van der Waals surface area (Å²) in [6, 6.07) is 12.7. The van der Waals surface area contributed by atoms with E-state index < -0.39 is 15.6 Å². The van der Waals surface area contributed by atoms with E-state index in [1.54, 1.807) is 42.5 Å². The Morgan fingerprint density at radius 2 is 1.79 bits per heavy atom. The van der Waals surface area contributed by atoms with Crippen LogP contribution in [0.3, 0.4) is 0 Å². The molecule has 0 aliphatic heterocycles. The van der Waals surface area contributed by atoms with Gasteiger partial charge in [0.2, 0.25) is 0 Å². The molecule has 0 unspecified atom stereocenters. The van der Waals surface area contributed by atoms with Crippen LogP contribution in [-0.4, -0.2) is 8.42 Å². The summed E-state index contributed by atoms with van der Waals surface area (Å²) in [6.45, 7) is 3.97. The smallest absolute Gasteiger partial charge is 0.336 e. The lowest BCUT2D eigenvalue weighted by Crippen LogP contribution is -2.14.